The van der Waals surface area contributed by atoms with Gasteiger partial charge in [0.25, 0.3) is 0 Å². The molecule has 0 N–H and O–H groups in total. The van der Waals surface area contributed by atoms with Crippen LogP contribution in [-0.2, 0) is 50.6 Å². The van der Waals surface area contributed by atoms with Crippen LogP contribution < -0.4 is 0 Å². The zero-order chi connectivity index (χ0) is 57.5. The van der Waals surface area contributed by atoms with E-state index in [1.165, 1.54) is 0 Å². The van der Waals surface area contributed by atoms with Gasteiger partial charge in [0.2, 0.25) is 0 Å². The van der Waals surface area contributed by atoms with E-state index in [4.69, 9.17) is 50.6 Å². The summed E-state index contributed by atoms with van der Waals surface area (Å²) in [5.41, 5.74) is -1.65. The lowest BCUT2D eigenvalue weighted by molar-refractivity contribution is -0.310. The summed E-state index contributed by atoms with van der Waals surface area (Å²) in [5, 5.41) is 0. The Morgan fingerprint density at radius 1 is 0.449 bits per heavy atom. The van der Waals surface area contributed by atoms with Crippen molar-refractivity contribution in [2.75, 3.05) is 6.61 Å². The van der Waals surface area contributed by atoms with Gasteiger partial charge in [-0.15, -0.1) is 0 Å². The quantitative estimate of drug-likeness (QED) is 0.0669. The highest BCUT2D eigenvalue weighted by Crippen LogP contribution is 2.52. The molecule has 0 radical (unpaired) electrons. The molecule has 17 atom stereocenters. The molecule has 78 heavy (non-hydrogen) atoms. The number of hydrogen-bond donors (Lipinski definition) is 0. The van der Waals surface area contributed by atoms with Gasteiger partial charge in [-0.3, -0.25) is 0 Å². The van der Waals surface area contributed by atoms with Crippen molar-refractivity contribution in [3.63, 3.8) is 0 Å². The summed E-state index contributed by atoms with van der Waals surface area (Å²) in [7, 11) is -9.90. The minimum Gasteiger partial charge on any atom is -0.417 e. The Hall–Kier alpha value is 0.644. The van der Waals surface area contributed by atoms with Crippen LogP contribution in [0.1, 0.15) is 196 Å². The maximum Gasteiger partial charge on any atom is 0.192 e. The number of hydrogen-bond acceptors (Lipinski definition) is 11. The normalized spacial score (nSPS) is 38.2. The van der Waals surface area contributed by atoms with Crippen molar-refractivity contribution in [2.45, 2.75) is 383 Å². The first kappa shape index (κ1) is 67.8. The smallest absolute Gasteiger partial charge is 0.192 e. The summed E-state index contributed by atoms with van der Waals surface area (Å²) in [6.07, 6.45) is 6.13. The van der Waals surface area contributed by atoms with Crippen LogP contribution in [0.4, 0.5) is 0 Å². The minimum absolute atomic E-state index is 0.000843. The molecule has 0 aromatic rings. The fourth-order valence-corrected chi connectivity index (χ4v) is 30.3. The first-order valence-corrected chi connectivity index (χ1v) is 46.0. The highest BCUT2D eigenvalue weighted by Gasteiger charge is 2.61. The summed E-state index contributed by atoms with van der Waals surface area (Å²) in [4.78, 5) is 0. The van der Waals surface area contributed by atoms with Crippen LogP contribution in [0.5, 0.6) is 0 Å². The van der Waals surface area contributed by atoms with Gasteiger partial charge in [0.15, 0.2) is 41.6 Å². The van der Waals surface area contributed by atoms with Gasteiger partial charge < -0.3 is 50.6 Å². The molecule has 0 spiro atoms. The Kier molecular flexibility index (Phi) is 24.7. The highest BCUT2D eigenvalue weighted by molar-refractivity contribution is 6.75. The van der Waals surface area contributed by atoms with E-state index in [1.54, 1.807) is 0 Å². The van der Waals surface area contributed by atoms with E-state index < -0.39 is 58.4 Å². The van der Waals surface area contributed by atoms with Gasteiger partial charge in [-0.25, -0.2) is 0 Å². The maximum atomic E-state index is 7.99. The van der Waals surface area contributed by atoms with Crippen molar-refractivity contribution < 1.29 is 50.6 Å². The lowest BCUT2D eigenvalue weighted by Gasteiger charge is -2.56. The van der Waals surface area contributed by atoms with Crippen molar-refractivity contribution in [2.24, 2.45) is 5.92 Å². The summed E-state index contributed by atoms with van der Waals surface area (Å²) >= 11 is 0. The molecule has 0 unspecified atom stereocenters. The van der Waals surface area contributed by atoms with Crippen LogP contribution in [0, 0.1) is 5.92 Å². The van der Waals surface area contributed by atoms with Crippen LogP contribution in [0.25, 0.3) is 0 Å². The van der Waals surface area contributed by atoms with Crippen LogP contribution in [0.2, 0.25) is 90.7 Å². The Labute approximate surface area is 485 Å². The molecule has 16 heteroatoms. The molecule has 6 aliphatic heterocycles. The standard InChI is InChI=1S/C62H124O11Si5/c1-21-74(22-2,23-3)63-41-38-49-46(16)57(73-78(33-13,34-14)35-15)59-52(65-49)44-56-61(19,69-59)40-37-54(72-77(30-10,31-11)32-12)62(20,68-56)45-48-42-53(71-76(27-7,28-8)29-9)58-50(64-48)36-39-60(18)55(66-58)43-51(47(17)67-60)70-75(24-4,25-5)26-6/h46-59H,21-45H2,1-20H3/t46-,47-,48-,49+,50-,51+,52-,53+,54+,55-,56+,57+,58-,59-,60+,61-,62-/m1/s1. The molecule has 0 aromatic heterocycles. The molecule has 11 nitrogen and oxygen atoms in total. The molecule has 6 heterocycles. The molecule has 6 aliphatic rings. The second kappa shape index (κ2) is 28.4. The molecule has 0 bridgehead atoms. The molecule has 458 valence electrons. The van der Waals surface area contributed by atoms with Gasteiger partial charge in [-0.05, 0) is 150 Å². The summed E-state index contributed by atoms with van der Waals surface area (Å²) in [6.45, 7) is 47.6. The first-order valence-electron chi connectivity index (χ1n) is 33.4. The fraction of sp³-hybridized carbons (Fsp3) is 1.00. The molecule has 0 saturated carbocycles. The van der Waals surface area contributed by atoms with Gasteiger partial charge in [0.05, 0.1) is 83.9 Å². The second-order valence-electron chi connectivity index (χ2n) is 26.8. The Morgan fingerprint density at radius 2 is 0.936 bits per heavy atom. The average Bonchev–Trinajstić information content (AvgIpc) is 3.76. The second-order valence-corrected chi connectivity index (χ2v) is 50.4. The van der Waals surface area contributed by atoms with Crippen LogP contribution in [0.15, 0.2) is 0 Å². The predicted molar refractivity (Wildman–Crippen MR) is 334 cm³/mol. The zero-order valence-corrected chi connectivity index (χ0v) is 59.3. The van der Waals surface area contributed by atoms with E-state index in [0.29, 0.717) is 6.42 Å². The molecule has 0 aromatic carbocycles. The highest BCUT2D eigenvalue weighted by atomic mass is 28.4. The first-order chi connectivity index (χ1) is 37.0. The zero-order valence-electron chi connectivity index (χ0n) is 54.3. The van der Waals surface area contributed by atoms with Gasteiger partial charge in [0.1, 0.15) is 12.2 Å². The molecule has 6 rings (SSSR count). The van der Waals surface area contributed by atoms with E-state index in [9.17, 15) is 0 Å². The van der Waals surface area contributed by atoms with Crippen LogP contribution in [0.3, 0.4) is 0 Å². The van der Waals surface area contributed by atoms with Crippen molar-refractivity contribution in [1.82, 2.24) is 0 Å². The Morgan fingerprint density at radius 3 is 1.47 bits per heavy atom. The maximum absolute atomic E-state index is 7.99. The van der Waals surface area contributed by atoms with Gasteiger partial charge in [-0.1, -0.05) is 111 Å². The number of ether oxygens (including phenoxy) is 6. The van der Waals surface area contributed by atoms with Crippen LogP contribution in [-0.4, -0.2) is 144 Å². The van der Waals surface area contributed by atoms with Crippen molar-refractivity contribution in [1.29, 1.82) is 0 Å². The summed E-state index contributed by atoms with van der Waals surface area (Å²) < 4.78 is 82.9. The number of rotatable bonds is 29. The van der Waals surface area contributed by atoms with Gasteiger partial charge in [0, 0.05) is 38.2 Å². The lowest BCUT2D eigenvalue weighted by atomic mass is 9.79. The van der Waals surface area contributed by atoms with E-state index in [0.717, 1.165) is 149 Å². The summed E-state index contributed by atoms with van der Waals surface area (Å²) in [5.74, 6) is 0.177. The van der Waals surface area contributed by atoms with Crippen LogP contribution >= 0.6 is 0 Å². The van der Waals surface area contributed by atoms with Crippen molar-refractivity contribution in [3.05, 3.63) is 0 Å². The third kappa shape index (κ3) is 14.4. The SMILES string of the molecule is CC[Si](CC)(CC)OCC[C@@H]1O[C@@H]2C[C@@H]3O[C@](C)(C[C@H]4C[C@H](O[Si](CC)(CC)CC)[C@@H]5O[C@@H]6C[C@H](O[Si](CC)(CC)CC)[C@@H](C)O[C@@]6(C)CC[C@H]5O4)[C@@H](O[Si](CC)(CC)CC)CC[C@@]3(C)O[C@H]2[C@@H](O[Si](CC)(CC)CC)[C@@H]1C. The summed E-state index contributed by atoms with van der Waals surface area (Å²) in [6, 6.07) is 16.6. The van der Waals surface area contributed by atoms with Gasteiger partial charge in [-0.2, -0.15) is 0 Å². The Bertz CT molecular complexity index is 1760. The molecule has 0 aliphatic carbocycles. The third-order valence-corrected chi connectivity index (χ3v) is 46.6. The molecule has 6 saturated heterocycles. The fourth-order valence-electron chi connectivity index (χ4n) is 15.9. The van der Waals surface area contributed by atoms with Crippen molar-refractivity contribution in [3.8, 4) is 0 Å². The Balaban J connectivity index is 1.35. The van der Waals surface area contributed by atoms with E-state index in [2.05, 4.69) is 138 Å². The molecular weight excluding hydrogens is 1060 g/mol. The van der Waals surface area contributed by atoms with Gasteiger partial charge >= 0.3 is 0 Å². The third-order valence-electron chi connectivity index (χ3n) is 23.3. The van der Waals surface area contributed by atoms with Crippen molar-refractivity contribution >= 4 is 41.6 Å². The van der Waals surface area contributed by atoms with E-state index in [1.807, 2.05) is 0 Å². The largest absolute Gasteiger partial charge is 0.417 e. The monoisotopic (exact) mass is 1180 g/mol. The van der Waals surface area contributed by atoms with E-state index in [-0.39, 0.29) is 85.3 Å². The predicted octanol–water partition coefficient (Wildman–Crippen LogP) is 16.5. The molecule has 0 amide bonds. The topological polar surface area (TPSA) is 102 Å². The minimum atomic E-state index is -2.12. The lowest BCUT2D eigenvalue weighted by Crippen LogP contribution is -2.66. The molecular formula is C62H124O11Si5. The molecule has 6 fully saturated rings. The van der Waals surface area contributed by atoms with E-state index >= 15 is 0 Å². The number of fused-ring (bicyclic) bond motifs is 4. The average molecular weight is 1190 g/mol.